The molecule has 1 fully saturated rings. The summed E-state index contributed by atoms with van der Waals surface area (Å²) in [5.74, 6) is -0.398. The first-order valence-electron chi connectivity index (χ1n) is 7.94. The number of nitrogens with zero attached hydrogens (tertiary/aromatic N) is 2. The molecule has 1 heterocycles. The Morgan fingerprint density at radius 2 is 1.78 bits per heavy atom. The number of nitrogens with one attached hydrogen (secondary N) is 1. The van der Waals surface area contributed by atoms with Crippen LogP contribution in [0, 0.1) is 5.41 Å². The number of rotatable bonds is 4. The summed E-state index contributed by atoms with van der Waals surface area (Å²) in [6.07, 6.45) is 0. The number of carbonyl (C=O) groups excluding carboxylic acids is 2. The third kappa shape index (κ3) is 4.12. The SMILES string of the molecule is CCN1CCN(C(=O)C(C)(C)C(=O)Nc2ccccc2Br)CC1. The van der Waals surface area contributed by atoms with E-state index in [-0.39, 0.29) is 11.8 Å². The van der Waals surface area contributed by atoms with Crippen LogP contribution in [-0.4, -0.2) is 54.3 Å². The lowest BCUT2D eigenvalue weighted by Gasteiger charge is -2.37. The first-order valence-corrected chi connectivity index (χ1v) is 8.73. The molecule has 0 aromatic heterocycles. The molecule has 0 spiro atoms. The predicted octanol–water partition coefficient (Wildman–Crippen LogP) is 2.58. The van der Waals surface area contributed by atoms with E-state index in [9.17, 15) is 9.59 Å². The fraction of sp³-hybridized carbons (Fsp3) is 0.529. The highest BCUT2D eigenvalue weighted by Gasteiger charge is 2.40. The van der Waals surface area contributed by atoms with Gasteiger partial charge in [0.1, 0.15) is 5.41 Å². The molecule has 0 aliphatic carbocycles. The lowest BCUT2D eigenvalue weighted by molar-refractivity contribution is -0.147. The highest BCUT2D eigenvalue weighted by molar-refractivity contribution is 9.10. The van der Waals surface area contributed by atoms with Gasteiger partial charge in [-0.15, -0.1) is 0 Å². The molecular weight excluding hydrogens is 358 g/mol. The van der Waals surface area contributed by atoms with Gasteiger partial charge in [0.05, 0.1) is 5.69 Å². The summed E-state index contributed by atoms with van der Waals surface area (Å²) in [5, 5.41) is 2.85. The summed E-state index contributed by atoms with van der Waals surface area (Å²) in [5.41, 5.74) is -0.418. The molecule has 5 nitrogen and oxygen atoms in total. The molecule has 1 N–H and O–H groups in total. The molecule has 0 atom stereocenters. The van der Waals surface area contributed by atoms with Crippen molar-refractivity contribution >= 4 is 33.4 Å². The maximum Gasteiger partial charge on any atom is 0.239 e. The Bertz CT molecular complexity index is 581. The molecule has 23 heavy (non-hydrogen) atoms. The molecular formula is C17H24BrN3O2. The second kappa shape index (κ2) is 7.45. The first-order chi connectivity index (χ1) is 10.9. The summed E-state index contributed by atoms with van der Waals surface area (Å²) >= 11 is 3.40. The van der Waals surface area contributed by atoms with Gasteiger partial charge in [-0.2, -0.15) is 0 Å². The van der Waals surface area contributed by atoms with Crippen molar-refractivity contribution in [2.75, 3.05) is 38.0 Å². The second-order valence-corrected chi connectivity index (χ2v) is 7.14. The molecule has 126 valence electrons. The average molecular weight is 382 g/mol. The van der Waals surface area contributed by atoms with Gasteiger partial charge in [0.25, 0.3) is 0 Å². The van der Waals surface area contributed by atoms with E-state index < -0.39 is 5.41 Å². The smallest absolute Gasteiger partial charge is 0.239 e. The maximum atomic E-state index is 12.8. The molecule has 2 rings (SSSR count). The molecule has 2 amide bonds. The van der Waals surface area contributed by atoms with E-state index in [0.717, 1.165) is 24.1 Å². The predicted molar refractivity (Wildman–Crippen MR) is 95.2 cm³/mol. The van der Waals surface area contributed by atoms with Gasteiger partial charge >= 0.3 is 0 Å². The molecule has 6 heteroatoms. The van der Waals surface area contributed by atoms with Crippen molar-refractivity contribution in [1.29, 1.82) is 0 Å². The third-order valence-electron chi connectivity index (χ3n) is 4.33. The zero-order chi connectivity index (χ0) is 17.0. The van der Waals surface area contributed by atoms with Crippen molar-refractivity contribution in [2.45, 2.75) is 20.8 Å². The number of benzene rings is 1. The summed E-state index contributed by atoms with van der Waals surface area (Å²) in [6, 6.07) is 7.39. The largest absolute Gasteiger partial charge is 0.339 e. The van der Waals surface area contributed by atoms with Crippen molar-refractivity contribution in [3.63, 3.8) is 0 Å². The van der Waals surface area contributed by atoms with Crippen molar-refractivity contribution in [3.05, 3.63) is 28.7 Å². The molecule has 0 bridgehead atoms. The molecule has 0 saturated carbocycles. The van der Waals surface area contributed by atoms with Crippen molar-refractivity contribution in [3.8, 4) is 0 Å². The van der Waals surface area contributed by atoms with Gasteiger partial charge < -0.3 is 15.1 Å². The van der Waals surface area contributed by atoms with Crippen LogP contribution in [0.3, 0.4) is 0 Å². The summed E-state index contributed by atoms with van der Waals surface area (Å²) in [4.78, 5) is 29.5. The number of para-hydroxylation sites is 1. The second-order valence-electron chi connectivity index (χ2n) is 6.29. The van der Waals surface area contributed by atoms with Crippen molar-refractivity contribution in [1.82, 2.24) is 9.80 Å². The highest BCUT2D eigenvalue weighted by atomic mass is 79.9. The van der Waals surface area contributed by atoms with Gasteiger partial charge in [0.15, 0.2) is 0 Å². The van der Waals surface area contributed by atoms with Crippen LogP contribution < -0.4 is 5.32 Å². The Labute approximate surface area is 146 Å². The Morgan fingerprint density at radius 3 is 2.35 bits per heavy atom. The van der Waals surface area contributed by atoms with Crippen LogP contribution in [0.1, 0.15) is 20.8 Å². The van der Waals surface area contributed by atoms with Crippen LogP contribution in [0.2, 0.25) is 0 Å². The minimum atomic E-state index is -1.09. The number of anilines is 1. The fourth-order valence-corrected chi connectivity index (χ4v) is 2.98. The van der Waals surface area contributed by atoms with Crippen LogP contribution in [0.15, 0.2) is 28.7 Å². The number of carbonyl (C=O) groups is 2. The average Bonchev–Trinajstić information content (AvgIpc) is 2.56. The van der Waals surface area contributed by atoms with Gasteiger partial charge in [-0.1, -0.05) is 19.1 Å². The van der Waals surface area contributed by atoms with E-state index in [2.05, 4.69) is 33.1 Å². The number of hydrogen-bond acceptors (Lipinski definition) is 3. The zero-order valence-electron chi connectivity index (χ0n) is 13.9. The molecule has 0 radical (unpaired) electrons. The molecule has 1 aliphatic rings. The van der Waals surface area contributed by atoms with E-state index in [1.54, 1.807) is 18.7 Å². The lowest BCUT2D eigenvalue weighted by Crippen LogP contribution is -2.54. The summed E-state index contributed by atoms with van der Waals surface area (Å²) < 4.78 is 0.799. The zero-order valence-corrected chi connectivity index (χ0v) is 15.5. The highest BCUT2D eigenvalue weighted by Crippen LogP contribution is 2.26. The summed E-state index contributed by atoms with van der Waals surface area (Å²) in [6.45, 7) is 9.58. The van der Waals surface area contributed by atoms with E-state index in [4.69, 9.17) is 0 Å². The van der Waals surface area contributed by atoms with E-state index in [1.807, 2.05) is 24.3 Å². The number of likely N-dealkylation sites (N-methyl/N-ethyl adjacent to an activating group) is 1. The Morgan fingerprint density at radius 1 is 1.17 bits per heavy atom. The standard InChI is InChI=1S/C17H24BrN3O2/c1-4-20-9-11-21(12-10-20)16(23)17(2,3)15(22)19-14-8-6-5-7-13(14)18/h5-8H,4,9-12H2,1-3H3,(H,19,22). The summed E-state index contributed by atoms with van der Waals surface area (Å²) in [7, 11) is 0. The first kappa shape index (κ1) is 17.9. The van der Waals surface area contributed by atoms with Gasteiger partial charge in [-0.25, -0.2) is 0 Å². The van der Waals surface area contributed by atoms with Crippen LogP contribution >= 0.6 is 15.9 Å². The van der Waals surface area contributed by atoms with Crippen molar-refractivity contribution < 1.29 is 9.59 Å². The number of hydrogen-bond donors (Lipinski definition) is 1. The molecule has 1 saturated heterocycles. The molecule has 0 unspecified atom stereocenters. The molecule has 1 aromatic rings. The number of halogens is 1. The maximum absolute atomic E-state index is 12.8. The van der Waals surface area contributed by atoms with Crippen LogP contribution in [0.5, 0.6) is 0 Å². The fourth-order valence-electron chi connectivity index (χ4n) is 2.60. The van der Waals surface area contributed by atoms with E-state index >= 15 is 0 Å². The minimum absolute atomic E-state index is 0.113. The lowest BCUT2D eigenvalue weighted by atomic mass is 9.89. The molecule has 1 aliphatic heterocycles. The topological polar surface area (TPSA) is 52.7 Å². The van der Waals surface area contributed by atoms with Crippen LogP contribution in [-0.2, 0) is 9.59 Å². The van der Waals surface area contributed by atoms with E-state index in [1.165, 1.54) is 0 Å². The Kier molecular flexibility index (Phi) is 5.81. The van der Waals surface area contributed by atoms with Gasteiger partial charge in [-0.3, -0.25) is 9.59 Å². The normalized spacial score (nSPS) is 16.3. The van der Waals surface area contributed by atoms with Gasteiger partial charge in [-0.05, 0) is 48.5 Å². The van der Waals surface area contributed by atoms with Crippen LogP contribution in [0.4, 0.5) is 5.69 Å². The van der Waals surface area contributed by atoms with Crippen LogP contribution in [0.25, 0.3) is 0 Å². The minimum Gasteiger partial charge on any atom is -0.339 e. The molecule has 1 aromatic carbocycles. The monoisotopic (exact) mass is 381 g/mol. The quantitative estimate of drug-likeness (QED) is 0.815. The van der Waals surface area contributed by atoms with Crippen molar-refractivity contribution in [2.24, 2.45) is 5.41 Å². The Hall–Kier alpha value is -1.40. The van der Waals surface area contributed by atoms with E-state index in [0.29, 0.717) is 18.8 Å². The van der Waals surface area contributed by atoms with Gasteiger partial charge in [0.2, 0.25) is 11.8 Å². The van der Waals surface area contributed by atoms with Gasteiger partial charge in [0, 0.05) is 30.7 Å². The Balaban J connectivity index is 2.03. The number of amides is 2. The number of piperazine rings is 1. The third-order valence-corrected chi connectivity index (χ3v) is 5.02.